The van der Waals surface area contributed by atoms with Crippen molar-refractivity contribution in [3.63, 3.8) is 0 Å². The van der Waals surface area contributed by atoms with Crippen LogP contribution in [0.2, 0.25) is 0 Å². The number of carbonyl (C=O) groups is 1. The number of nitrogens with zero attached hydrogens (tertiary/aromatic N) is 3. The fourth-order valence-corrected chi connectivity index (χ4v) is 4.29. The van der Waals surface area contributed by atoms with Gasteiger partial charge >= 0.3 is 0 Å². The van der Waals surface area contributed by atoms with Crippen molar-refractivity contribution in [2.75, 3.05) is 5.32 Å². The second kappa shape index (κ2) is 9.08. The van der Waals surface area contributed by atoms with E-state index in [4.69, 9.17) is 0 Å². The van der Waals surface area contributed by atoms with E-state index in [2.05, 4.69) is 28.3 Å². The summed E-state index contributed by atoms with van der Waals surface area (Å²) in [5, 5.41) is 4.50. The normalized spacial score (nSPS) is 15.6. The molecule has 3 aromatic rings. The van der Waals surface area contributed by atoms with Gasteiger partial charge in [0.2, 0.25) is 5.91 Å². The van der Waals surface area contributed by atoms with Crippen LogP contribution in [0.5, 0.6) is 0 Å². The molecule has 0 atom stereocenters. The van der Waals surface area contributed by atoms with E-state index in [0.29, 0.717) is 24.6 Å². The number of halogens is 1. The van der Waals surface area contributed by atoms with Crippen LogP contribution in [0.25, 0.3) is 22.0 Å². The van der Waals surface area contributed by atoms with E-state index >= 15 is 0 Å². The van der Waals surface area contributed by atoms with Gasteiger partial charge in [-0.25, -0.2) is 14.4 Å². The zero-order valence-electron chi connectivity index (χ0n) is 19.4. The van der Waals surface area contributed by atoms with Crippen molar-refractivity contribution in [3.05, 3.63) is 53.6 Å². The number of aromatic nitrogens is 2. The highest BCUT2D eigenvalue weighted by molar-refractivity contribution is 5.93. The van der Waals surface area contributed by atoms with Crippen LogP contribution in [0, 0.1) is 12.7 Å². The third kappa shape index (κ3) is 5.00. The maximum atomic E-state index is 14.8. The van der Waals surface area contributed by atoms with Gasteiger partial charge in [-0.1, -0.05) is 25.5 Å². The molecule has 2 aliphatic rings. The Hall–Kier alpha value is -3.02. The Morgan fingerprint density at radius 3 is 2.58 bits per heavy atom. The van der Waals surface area contributed by atoms with Gasteiger partial charge in [-0.15, -0.1) is 0 Å². The molecule has 5 rings (SSSR count). The van der Waals surface area contributed by atoms with Gasteiger partial charge in [0, 0.05) is 36.0 Å². The van der Waals surface area contributed by atoms with Gasteiger partial charge in [-0.2, -0.15) is 0 Å². The van der Waals surface area contributed by atoms with Crippen LogP contribution >= 0.6 is 0 Å². The van der Waals surface area contributed by atoms with E-state index in [1.165, 1.54) is 18.9 Å². The highest BCUT2D eigenvalue weighted by Gasteiger charge is 2.32. The number of hydrogen-bond acceptors (Lipinski definition) is 4. The summed E-state index contributed by atoms with van der Waals surface area (Å²) in [5.41, 5.74) is 3.40. The van der Waals surface area contributed by atoms with Crippen molar-refractivity contribution >= 4 is 22.6 Å². The molecule has 0 aliphatic heterocycles. The summed E-state index contributed by atoms with van der Waals surface area (Å²) in [5.74, 6) is 1.49. The number of benzene rings is 2. The number of amides is 1. The van der Waals surface area contributed by atoms with Crippen molar-refractivity contribution in [3.8, 4) is 11.1 Å². The molecule has 2 saturated carbocycles. The van der Waals surface area contributed by atoms with Crippen molar-refractivity contribution in [2.24, 2.45) is 0 Å². The van der Waals surface area contributed by atoms with Crippen molar-refractivity contribution in [1.29, 1.82) is 0 Å². The first-order chi connectivity index (χ1) is 16.0. The first-order valence-corrected chi connectivity index (χ1v) is 12.1. The minimum Gasteiger partial charge on any atom is -0.367 e. The first kappa shape index (κ1) is 21.8. The Morgan fingerprint density at radius 2 is 1.85 bits per heavy atom. The standard InChI is InChI=1S/C27H31FN4O/c1-3-4-5-26(33)32(22-10-11-22)16-20-14-18(6-12-24(20)28)19-7-13-25-23(15-19)27(30-17(2)29-25)31-21-8-9-21/h6-7,12-15,21-22H,3-5,8-11,16H2,1-2H3,(H,29,30,31). The first-order valence-electron chi connectivity index (χ1n) is 12.1. The smallest absolute Gasteiger partial charge is 0.223 e. The lowest BCUT2D eigenvalue weighted by Gasteiger charge is -2.23. The van der Waals surface area contributed by atoms with E-state index in [1.54, 1.807) is 0 Å². The van der Waals surface area contributed by atoms with Crippen LogP contribution in [0.3, 0.4) is 0 Å². The van der Waals surface area contributed by atoms with Gasteiger partial charge < -0.3 is 10.2 Å². The van der Waals surface area contributed by atoms with E-state index in [-0.39, 0.29) is 17.8 Å². The Labute approximate surface area is 194 Å². The minimum absolute atomic E-state index is 0.137. The number of nitrogens with one attached hydrogen (secondary N) is 1. The maximum absolute atomic E-state index is 14.8. The lowest BCUT2D eigenvalue weighted by atomic mass is 10.0. The molecule has 5 nitrogen and oxygen atoms in total. The van der Waals surface area contributed by atoms with Crippen molar-refractivity contribution < 1.29 is 9.18 Å². The predicted octanol–water partition coefficient (Wildman–Crippen LogP) is 6.00. The second-order valence-electron chi connectivity index (χ2n) is 9.43. The molecule has 0 saturated heterocycles. The third-order valence-electron chi connectivity index (χ3n) is 6.50. The van der Waals surface area contributed by atoms with Crippen LogP contribution in [0.4, 0.5) is 10.2 Å². The summed E-state index contributed by atoms with van der Waals surface area (Å²) < 4.78 is 14.8. The maximum Gasteiger partial charge on any atom is 0.223 e. The average molecular weight is 447 g/mol. The van der Waals surface area contributed by atoms with Crippen LogP contribution < -0.4 is 5.32 Å². The van der Waals surface area contributed by atoms with Crippen LogP contribution in [-0.4, -0.2) is 32.9 Å². The minimum atomic E-state index is -0.261. The molecule has 33 heavy (non-hydrogen) atoms. The molecule has 0 unspecified atom stereocenters. The van der Waals surface area contributed by atoms with Gasteiger partial charge in [0.15, 0.2) is 0 Å². The van der Waals surface area contributed by atoms with Crippen molar-refractivity contribution in [2.45, 2.75) is 77.4 Å². The summed E-state index contributed by atoms with van der Waals surface area (Å²) in [6, 6.07) is 12.1. The van der Waals surface area contributed by atoms with Gasteiger partial charge in [-0.3, -0.25) is 4.79 Å². The summed E-state index contributed by atoms with van der Waals surface area (Å²) in [6.45, 7) is 4.32. The molecule has 1 heterocycles. The number of aryl methyl sites for hydroxylation is 1. The molecular weight excluding hydrogens is 415 g/mol. The summed E-state index contributed by atoms with van der Waals surface area (Å²) in [7, 11) is 0. The van der Waals surface area contributed by atoms with E-state index in [1.807, 2.05) is 36.1 Å². The van der Waals surface area contributed by atoms with E-state index < -0.39 is 0 Å². The highest BCUT2D eigenvalue weighted by atomic mass is 19.1. The molecule has 1 N–H and O–H groups in total. The molecule has 6 heteroatoms. The summed E-state index contributed by atoms with van der Waals surface area (Å²) in [6.07, 6.45) is 6.76. The van der Waals surface area contributed by atoms with Gasteiger partial charge in [0.05, 0.1) is 5.52 Å². The molecule has 2 aromatic carbocycles. The number of rotatable bonds is 9. The fourth-order valence-electron chi connectivity index (χ4n) is 4.29. The van der Waals surface area contributed by atoms with Crippen LogP contribution in [0.1, 0.15) is 63.3 Å². The molecular formula is C27H31FN4O. The second-order valence-corrected chi connectivity index (χ2v) is 9.43. The largest absolute Gasteiger partial charge is 0.367 e. The highest BCUT2D eigenvalue weighted by Crippen LogP contribution is 2.33. The number of unbranched alkanes of at least 4 members (excludes halogenated alkanes) is 1. The summed E-state index contributed by atoms with van der Waals surface area (Å²) in [4.78, 5) is 23.8. The monoisotopic (exact) mass is 446 g/mol. The molecule has 0 spiro atoms. The quantitative estimate of drug-likeness (QED) is 0.438. The van der Waals surface area contributed by atoms with Gasteiger partial charge in [-0.05, 0) is 74.4 Å². The third-order valence-corrected chi connectivity index (χ3v) is 6.50. The molecule has 1 aromatic heterocycles. The average Bonchev–Trinajstić information content (AvgIpc) is 3.72. The van der Waals surface area contributed by atoms with Crippen LogP contribution in [0.15, 0.2) is 36.4 Å². The summed E-state index contributed by atoms with van der Waals surface area (Å²) >= 11 is 0. The number of hydrogen-bond donors (Lipinski definition) is 1. The lowest BCUT2D eigenvalue weighted by Crippen LogP contribution is -2.32. The van der Waals surface area contributed by atoms with Crippen molar-refractivity contribution in [1.82, 2.24) is 14.9 Å². The Kier molecular flexibility index (Phi) is 6.00. The molecule has 0 bridgehead atoms. The van der Waals surface area contributed by atoms with E-state index in [0.717, 1.165) is 59.4 Å². The number of carbonyl (C=O) groups excluding carboxylic acids is 1. The SMILES string of the molecule is CCCCC(=O)N(Cc1cc(-c2ccc3nc(C)nc(NC4CC4)c3c2)ccc1F)C1CC1. The molecule has 0 radical (unpaired) electrons. The van der Waals surface area contributed by atoms with Gasteiger partial charge in [0.1, 0.15) is 17.5 Å². The predicted molar refractivity (Wildman–Crippen MR) is 129 cm³/mol. The van der Waals surface area contributed by atoms with Gasteiger partial charge in [0.25, 0.3) is 0 Å². The van der Waals surface area contributed by atoms with Crippen LogP contribution in [-0.2, 0) is 11.3 Å². The lowest BCUT2D eigenvalue weighted by molar-refractivity contribution is -0.132. The zero-order valence-corrected chi connectivity index (χ0v) is 19.4. The molecule has 2 aliphatic carbocycles. The Balaban J connectivity index is 1.45. The Morgan fingerprint density at radius 1 is 1.09 bits per heavy atom. The molecule has 172 valence electrons. The number of anilines is 1. The fraction of sp³-hybridized carbons (Fsp3) is 0.444. The molecule has 2 fully saturated rings. The Bertz CT molecular complexity index is 1190. The zero-order chi connectivity index (χ0) is 22.9. The molecule has 1 amide bonds. The number of fused-ring (bicyclic) bond motifs is 1. The van der Waals surface area contributed by atoms with E-state index in [9.17, 15) is 9.18 Å². The topological polar surface area (TPSA) is 58.1 Å².